The number of nitrogens with two attached hydrogens (primary N) is 1. The molecular formula is C12H20N4O. The summed E-state index contributed by atoms with van der Waals surface area (Å²) in [6.45, 7) is 3.36. The van der Waals surface area contributed by atoms with E-state index < -0.39 is 0 Å². The molecule has 5 nitrogen and oxygen atoms in total. The number of amides is 1. The molecule has 0 bridgehead atoms. The van der Waals surface area contributed by atoms with Crippen LogP contribution in [0.1, 0.15) is 41.9 Å². The van der Waals surface area contributed by atoms with E-state index >= 15 is 0 Å². The highest BCUT2D eigenvalue weighted by molar-refractivity contribution is 5.92. The van der Waals surface area contributed by atoms with Gasteiger partial charge in [0.15, 0.2) is 0 Å². The highest BCUT2D eigenvalue weighted by atomic mass is 16.2. The zero-order valence-electron chi connectivity index (χ0n) is 10.3. The Morgan fingerprint density at radius 1 is 1.65 bits per heavy atom. The molecule has 1 saturated heterocycles. The Hall–Kier alpha value is -1.36. The molecule has 2 rings (SSSR count). The summed E-state index contributed by atoms with van der Waals surface area (Å²) in [5.74, 6) is 0.0347. The Morgan fingerprint density at radius 2 is 2.47 bits per heavy atom. The predicted octanol–water partition coefficient (Wildman–Crippen LogP) is 1.06. The normalized spacial score (nSPS) is 20.6. The van der Waals surface area contributed by atoms with E-state index in [4.69, 9.17) is 5.73 Å². The maximum atomic E-state index is 12.3. The number of H-pyrrole nitrogens is 1. The first-order valence-corrected chi connectivity index (χ1v) is 6.25. The molecule has 1 amide bonds. The molecule has 0 radical (unpaired) electrons. The van der Waals surface area contributed by atoms with Gasteiger partial charge >= 0.3 is 0 Å². The number of carbonyl (C=O) groups excluding carboxylic acids is 1. The largest absolute Gasteiger partial charge is 0.334 e. The Morgan fingerprint density at radius 3 is 3.12 bits per heavy atom. The van der Waals surface area contributed by atoms with Crippen LogP contribution in [0.25, 0.3) is 0 Å². The zero-order valence-corrected chi connectivity index (χ0v) is 10.3. The van der Waals surface area contributed by atoms with Gasteiger partial charge < -0.3 is 10.6 Å². The van der Waals surface area contributed by atoms with Crippen LogP contribution in [0.5, 0.6) is 0 Å². The first kappa shape index (κ1) is 12.1. The smallest absolute Gasteiger partial charge is 0.274 e. The van der Waals surface area contributed by atoms with Crippen molar-refractivity contribution in [3.8, 4) is 0 Å². The van der Waals surface area contributed by atoms with E-state index in [9.17, 15) is 4.79 Å². The van der Waals surface area contributed by atoms with Crippen LogP contribution < -0.4 is 5.73 Å². The molecule has 5 heteroatoms. The third-order valence-electron chi connectivity index (χ3n) is 3.31. The van der Waals surface area contributed by atoms with Gasteiger partial charge in [0.05, 0.1) is 0 Å². The second-order valence-corrected chi connectivity index (χ2v) is 4.66. The average Bonchev–Trinajstić information content (AvgIpc) is 2.76. The van der Waals surface area contributed by atoms with Gasteiger partial charge in [0, 0.05) is 18.3 Å². The Balaban J connectivity index is 2.10. The summed E-state index contributed by atoms with van der Waals surface area (Å²) in [7, 11) is 0. The van der Waals surface area contributed by atoms with E-state index in [2.05, 4.69) is 10.2 Å². The molecule has 3 N–H and O–H groups in total. The maximum absolute atomic E-state index is 12.3. The van der Waals surface area contributed by atoms with Gasteiger partial charge in [-0.05, 0) is 45.2 Å². The standard InChI is InChI=1S/C12H20N4O/c1-9-8-11(15-14-9)12(17)16-7-3-2-4-10(16)5-6-13/h8,10H,2-7,13H2,1H3,(H,14,15)/t10-/m0/s1. The molecule has 0 saturated carbocycles. The SMILES string of the molecule is Cc1cc(C(=O)N2CCCC[C@H]2CCN)n[nH]1. The topological polar surface area (TPSA) is 75.0 Å². The molecule has 1 atom stereocenters. The highest BCUT2D eigenvalue weighted by Crippen LogP contribution is 2.21. The first-order chi connectivity index (χ1) is 8.22. The number of aromatic nitrogens is 2. The van der Waals surface area contributed by atoms with Crippen LogP contribution in [0.4, 0.5) is 0 Å². The number of nitrogens with one attached hydrogen (secondary N) is 1. The van der Waals surface area contributed by atoms with Crippen molar-refractivity contribution >= 4 is 5.91 Å². The molecule has 1 aromatic heterocycles. The van der Waals surface area contributed by atoms with Crippen molar-refractivity contribution in [2.45, 2.75) is 38.6 Å². The fourth-order valence-electron chi connectivity index (χ4n) is 2.44. The average molecular weight is 236 g/mol. The highest BCUT2D eigenvalue weighted by Gasteiger charge is 2.27. The van der Waals surface area contributed by atoms with Crippen molar-refractivity contribution in [3.63, 3.8) is 0 Å². The number of hydrogen-bond acceptors (Lipinski definition) is 3. The van der Waals surface area contributed by atoms with E-state index in [1.54, 1.807) is 6.07 Å². The van der Waals surface area contributed by atoms with Gasteiger partial charge in [0.25, 0.3) is 5.91 Å². The van der Waals surface area contributed by atoms with Gasteiger partial charge in [-0.2, -0.15) is 5.10 Å². The van der Waals surface area contributed by atoms with Crippen LogP contribution in [0.2, 0.25) is 0 Å². The maximum Gasteiger partial charge on any atom is 0.274 e. The van der Waals surface area contributed by atoms with Crippen molar-refractivity contribution in [1.82, 2.24) is 15.1 Å². The summed E-state index contributed by atoms with van der Waals surface area (Å²) >= 11 is 0. The van der Waals surface area contributed by atoms with Crippen molar-refractivity contribution in [1.29, 1.82) is 0 Å². The lowest BCUT2D eigenvalue weighted by atomic mass is 9.99. The van der Waals surface area contributed by atoms with Crippen molar-refractivity contribution < 1.29 is 4.79 Å². The lowest BCUT2D eigenvalue weighted by Gasteiger charge is -2.35. The quantitative estimate of drug-likeness (QED) is 0.824. The lowest BCUT2D eigenvalue weighted by Crippen LogP contribution is -2.44. The molecular weight excluding hydrogens is 216 g/mol. The zero-order chi connectivity index (χ0) is 12.3. The monoisotopic (exact) mass is 236 g/mol. The number of nitrogens with zero attached hydrogens (tertiary/aromatic N) is 2. The van der Waals surface area contributed by atoms with E-state index in [1.165, 1.54) is 6.42 Å². The molecule has 2 heterocycles. The minimum Gasteiger partial charge on any atom is -0.334 e. The minimum absolute atomic E-state index is 0.0347. The summed E-state index contributed by atoms with van der Waals surface area (Å²) in [4.78, 5) is 14.2. The van der Waals surface area contributed by atoms with E-state index in [-0.39, 0.29) is 5.91 Å². The summed E-state index contributed by atoms with van der Waals surface area (Å²) in [6, 6.07) is 2.09. The summed E-state index contributed by atoms with van der Waals surface area (Å²) in [6.07, 6.45) is 4.21. The molecule has 0 spiro atoms. The van der Waals surface area contributed by atoms with Crippen LogP contribution in [0.15, 0.2) is 6.07 Å². The van der Waals surface area contributed by atoms with Crippen molar-refractivity contribution in [3.05, 3.63) is 17.5 Å². The van der Waals surface area contributed by atoms with Gasteiger partial charge in [-0.1, -0.05) is 0 Å². The number of likely N-dealkylation sites (tertiary alicyclic amines) is 1. The third kappa shape index (κ3) is 2.66. The molecule has 1 fully saturated rings. The molecule has 0 aliphatic carbocycles. The number of piperidine rings is 1. The fraction of sp³-hybridized carbons (Fsp3) is 0.667. The van der Waals surface area contributed by atoms with Crippen LogP contribution in [-0.4, -0.2) is 40.1 Å². The Labute approximate surface area is 101 Å². The van der Waals surface area contributed by atoms with Gasteiger partial charge in [0.1, 0.15) is 5.69 Å². The number of aromatic amines is 1. The molecule has 0 aromatic carbocycles. The number of hydrogen-bond donors (Lipinski definition) is 2. The van der Waals surface area contributed by atoms with Crippen LogP contribution in [-0.2, 0) is 0 Å². The van der Waals surface area contributed by atoms with Crippen LogP contribution in [0.3, 0.4) is 0 Å². The molecule has 17 heavy (non-hydrogen) atoms. The van der Waals surface area contributed by atoms with Gasteiger partial charge in [0.2, 0.25) is 0 Å². The third-order valence-corrected chi connectivity index (χ3v) is 3.31. The second kappa shape index (κ2) is 5.31. The molecule has 94 valence electrons. The molecule has 0 unspecified atom stereocenters. The summed E-state index contributed by atoms with van der Waals surface area (Å²) < 4.78 is 0. The van der Waals surface area contributed by atoms with Crippen molar-refractivity contribution in [2.75, 3.05) is 13.1 Å². The van der Waals surface area contributed by atoms with Gasteiger partial charge in [-0.15, -0.1) is 0 Å². The van der Waals surface area contributed by atoms with Gasteiger partial charge in [-0.25, -0.2) is 0 Å². The van der Waals surface area contributed by atoms with E-state index in [0.29, 0.717) is 18.3 Å². The van der Waals surface area contributed by atoms with Gasteiger partial charge in [-0.3, -0.25) is 9.89 Å². The number of rotatable bonds is 3. The van der Waals surface area contributed by atoms with E-state index in [0.717, 1.165) is 31.5 Å². The predicted molar refractivity (Wildman–Crippen MR) is 65.7 cm³/mol. The summed E-state index contributed by atoms with van der Waals surface area (Å²) in [5, 5.41) is 6.85. The number of aryl methyl sites for hydroxylation is 1. The Kier molecular flexibility index (Phi) is 3.78. The molecule has 1 aliphatic heterocycles. The summed E-state index contributed by atoms with van der Waals surface area (Å²) in [5.41, 5.74) is 7.04. The second-order valence-electron chi connectivity index (χ2n) is 4.66. The number of carbonyl (C=O) groups is 1. The van der Waals surface area contributed by atoms with Crippen LogP contribution in [0, 0.1) is 6.92 Å². The Bertz CT molecular complexity index is 386. The van der Waals surface area contributed by atoms with Crippen molar-refractivity contribution in [2.24, 2.45) is 5.73 Å². The molecule has 1 aromatic rings. The minimum atomic E-state index is 0.0347. The van der Waals surface area contributed by atoms with Crippen LogP contribution >= 0.6 is 0 Å². The fourth-order valence-corrected chi connectivity index (χ4v) is 2.44. The van der Waals surface area contributed by atoms with E-state index in [1.807, 2.05) is 11.8 Å². The molecule has 1 aliphatic rings. The lowest BCUT2D eigenvalue weighted by molar-refractivity contribution is 0.0599. The first-order valence-electron chi connectivity index (χ1n) is 6.25.